The number of nitrogens with one attached hydrogen (secondary N) is 1. The number of aromatic nitrogens is 4. The summed E-state index contributed by atoms with van der Waals surface area (Å²) in [5.74, 6) is 2.06. The van der Waals surface area contributed by atoms with Crippen LogP contribution in [0.4, 0.5) is 11.5 Å². The molecular formula is C26H34N6O3. The van der Waals surface area contributed by atoms with Gasteiger partial charge in [0.25, 0.3) is 5.56 Å². The Morgan fingerprint density at radius 3 is 2.57 bits per heavy atom. The van der Waals surface area contributed by atoms with Gasteiger partial charge in [0.15, 0.2) is 0 Å². The summed E-state index contributed by atoms with van der Waals surface area (Å²) in [5, 5.41) is 3.52. The second kappa shape index (κ2) is 10.9. The fourth-order valence-corrected chi connectivity index (χ4v) is 4.60. The van der Waals surface area contributed by atoms with Crippen LogP contribution in [-0.2, 0) is 17.7 Å². The highest BCUT2D eigenvalue weighted by atomic mass is 16.5. The van der Waals surface area contributed by atoms with Crippen LogP contribution in [0.1, 0.15) is 32.2 Å². The highest BCUT2D eigenvalue weighted by Crippen LogP contribution is 2.26. The lowest BCUT2D eigenvalue weighted by molar-refractivity contribution is 0.0719. The van der Waals surface area contributed by atoms with Gasteiger partial charge < -0.3 is 19.7 Å². The lowest BCUT2D eigenvalue weighted by Crippen LogP contribution is -2.38. The molecule has 0 aromatic carbocycles. The fraction of sp³-hybridized carbons (Fsp3) is 0.462. The number of ether oxygens (including phenoxy) is 2. The number of pyridine rings is 2. The summed E-state index contributed by atoms with van der Waals surface area (Å²) in [7, 11) is 1.59. The lowest BCUT2D eigenvalue weighted by Gasteiger charge is -2.23. The third-order valence-corrected chi connectivity index (χ3v) is 6.36. The number of rotatable bonds is 9. The number of hydrogen-bond acceptors (Lipinski definition) is 8. The molecule has 2 atom stereocenters. The van der Waals surface area contributed by atoms with Crippen LogP contribution in [0, 0.1) is 6.92 Å². The minimum absolute atomic E-state index is 0.0719. The van der Waals surface area contributed by atoms with Crippen molar-refractivity contribution in [1.82, 2.24) is 19.5 Å². The van der Waals surface area contributed by atoms with Gasteiger partial charge in [0.1, 0.15) is 17.3 Å². The molecule has 4 rings (SSSR count). The van der Waals surface area contributed by atoms with E-state index >= 15 is 0 Å². The van der Waals surface area contributed by atoms with Gasteiger partial charge in [-0.1, -0.05) is 13.0 Å². The van der Waals surface area contributed by atoms with Crippen molar-refractivity contribution in [2.45, 2.75) is 52.8 Å². The van der Waals surface area contributed by atoms with E-state index in [0.717, 1.165) is 22.8 Å². The highest BCUT2D eigenvalue weighted by molar-refractivity contribution is 5.62. The molecule has 0 amide bonds. The van der Waals surface area contributed by atoms with Crippen LogP contribution in [-0.4, -0.2) is 58.5 Å². The molecule has 1 N–H and O–H groups in total. The molecule has 3 aromatic heterocycles. The molecule has 3 aromatic rings. The summed E-state index contributed by atoms with van der Waals surface area (Å²) in [5.41, 5.74) is 2.77. The van der Waals surface area contributed by atoms with E-state index in [2.05, 4.69) is 20.2 Å². The van der Waals surface area contributed by atoms with Gasteiger partial charge >= 0.3 is 0 Å². The molecule has 186 valence electrons. The average molecular weight is 479 g/mol. The molecule has 0 bridgehead atoms. The molecule has 0 saturated carbocycles. The third-order valence-electron chi connectivity index (χ3n) is 6.36. The molecule has 1 saturated heterocycles. The Labute approximate surface area is 206 Å². The Bertz CT molecular complexity index is 1210. The van der Waals surface area contributed by atoms with Crippen LogP contribution in [0.2, 0.25) is 0 Å². The van der Waals surface area contributed by atoms with Gasteiger partial charge in [-0.2, -0.15) is 0 Å². The fourth-order valence-electron chi connectivity index (χ4n) is 4.60. The zero-order valence-corrected chi connectivity index (χ0v) is 21.1. The monoisotopic (exact) mass is 478 g/mol. The molecule has 0 spiro atoms. The molecule has 9 nitrogen and oxygen atoms in total. The maximum Gasteiger partial charge on any atom is 0.277 e. The maximum atomic E-state index is 13.8. The lowest BCUT2D eigenvalue weighted by atomic mass is 10.1. The van der Waals surface area contributed by atoms with Crippen LogP contribution in [0.5, 0.6) is 5.88 Å². The summed E-state index contributed by atoms with van der Waals surface area (Å²) in [6.45, 7) is 10.3. The van der Waals surface area contributed by atoms with Crippen molar-refractivity contribution in [3.05, 3.63) is 58.3 Å². The van der Waals surface area contributed by atoms with Crippen LogP contribution in [0.3, 0.4) is 0 Å². The minimum Gasteiger partial charge on any atom is -0.481 e. The molecule has 0 radical (unpaired) electrons. The topological polar surface area (TPSA) is 94.4 Å². The Morgan fingerprint density at radius 1 is 1.11 bits per heavy atom. The van der Waals surface area contributed by atoms with Crippen molar-refractivity contribution in [2.75, 3.05) is 37.0 Å². The molecule has 1 aliphatic heterocycles. The van der Waals surface area contributed by atoms with Crippen molar-refractivity contribution in [2.24, 2.45) is 0 Å². The number of hydrogen-bond donors (Lipinski definition) is 1. The second-order valence-corrected chi connectivity index (χ2v) is 8.48. The Hall–Kier alpha value is -3.46. The first-order valence-corrected chi connectivity index (χ1v) is 12.2. The van der Waals surface area contributed by atoms with Crippen LogP contribution in [0.25, 0.3) is 11.4 Å². The SMILES string of the molecule is CCO[C@H]1CN(c2ccccn2)CC1Nc1c(CC)nc(-c2ccc(OC)nc2C)n(CC)c1=O. The Kier molecular flexibility index (Phi) is 7.65. The Balaban J connectivity index is 1.71. The van der Waals surface area contributed by atoms with E-state index in [1.165, 1.54) is 0 Å². The van der Waals surface area contributed by atoms with Gasteiger partial charge in [0.05, 0.1) is 30.6 Å². The predicted octanol–water partition coefficient (Wildman–Crippen LogP) is 3.31. The highest BCUT2D eigenvalue weighted by Gasteiger charge is 2.35. The first-order chi connectivity index (χ1) is 17.0. The zero-order chi connectivity index (χ0) is 24.9. The van der Waals surface area contributed by atoms with Crippen molar-refractivity contribution in [1.29, 1.82) is 0 Å². The van der Waals surface area contributed by atoms with Crippen molar-refractivity contribution in [3.8, 4) is 17.3 Å². The quantitative estimate of drug-likeness (QED) is 0.501. The summed E-state index contributed by atoms with van der Waals surface area (Å²) in [4.78, 5) is 29.9. The van der Waals surface area contributed by atoms with E-state index < -0.39 is 0 Å². The number of methoxy groups -OCH3 is 1. The Morgan fingerprint density at radius 2 is 1.94 bits per heavy atom. The number of aryl methyl sites for hydroxylation is 2. The first kappa shape index (κ1) is 24.7. The molecule has 35 heavy (non-hydrogen) atoms. The van der Waals surface area contributed by atoms with Crippen molar-refractivity contribution >= 4 is 11.5 Å². The molecule has 1 unspecified atom stereocenters. The summed E-state index contributed by atoms with van der Waals surface area (Å²) < 4.78 is 13.0. The molecule has 1 fully saturated rings. The van der Waals surface area contributed by atoms with Gasteiger partial charge in [-0.05, 0) is 45.4 Å². The molecule has 9 heteroatoms. The van der Waals surface area contributed by atoms with Crippen LogP contribution in [0.15, 0.2) is 41.3 Å². The summed E-state index contributed by atoms with van der Waals surface area (Å²) in [6.07, 6.45) is 2.33. The van der Waals surface area contributed by atoms with Crippen molar-refractivity contribution < 1.29 is 9.47 Å². The minimum atomic E-state index is -0.0869. The van der Waals surface area contributed by atoms with Crippen LogP contribution >= 0.6 is 0 Å². The van der Waals surface area contributed by atoms with Crippen molar-refractivity contribution in [3.63, 3.8) is 0 Å². The maximum absolute atomic E-state index is 13.8. The number of nitrogens with zero attached hydrogens (tertiary/aromatic N) is 5. The molecule has 0 aliphatic carbocycles. The largest absolute Gasteiger partial charge is 0.481 e. The van der Waals surface area contributed by atoms with E-state index in [-0.39, 0.29) is 17.7 Å². The van der Waals surface area contributed by atoms with Gasteiger partial charge in [0, 0.05) is 44.1 Å². The normalized spacial score (nSPS) is 17.6. The van der Waals surface area contributed by atoms with E-state index in [4.69, 9.17) is 14.5 Å². The number of anilines is 2. The van der Waals surface area contributed by atoms with Gasteiger partial charge in [-0.15, -0.1) is 0 Å². The van der Waals surface area contributed by atoms with E-state index in [1.807, 2.05) is 52.0 Å². The van der Waals surface area contributed by atoms with E-state index in [1.54, 1.807) is 23.9 Å². The van der Waals surface area contributed by atoms with Gasteiger partial charge in [-0.3, -0.25) is 9.36 Å². The first-order valence-electron chi connectivity index (χ1n) is 12.2. The average Bonchev–Trinajstić information content (AvgIpc) is 3.28. The van der Waals surface area contributed by atoms with E-state index in [9.17, 15) is 4.79 Å². The second-order valence-electron chi connectivity index (χ2n) is 8.48. The molecule has 1 aliphatic rings. The summed E-state index contributed by atoms with van der Waals surface area (Å²) in [6, 6.07) is 9.51. The predicted molar refractivity (Wildman–Crippen MR) is 137 cm³/mol. The molecular weight excluding hydrogens is 444 g/mol. The van der Waals surface area contributed by atoms with Gasteiger partial charge in [-0.25, -0.2) is 15.0 Å². The van der Waals surface area contributed by atoms with Crippen LogP contribution < -0.4 is 20.5 Å². The molecule has 4 heterocycles. The smallest absolute Gasteiger partial charge is 0.277 e. The summed E-state index contributed by atoms with van der Waals surface area (Å²) >= 11 is 0. The van der Waals surface area contributed by atoms with E-state index in [0.29, 0.717) is 50.1 Å². The third kappa shape index (κ3) is 5.00. The van der Waals surface area contributed by atoms with Gasteiger partial charge in [0.2, 0.25) is 5.88 Å². The zero-order valence-electron chi connectivity index (χ0n) is 21.1. The standard InChI is InChI=1S/C26H34N6O3/c1-6-19-24(29-20-15-31(16-21(20)35-8-3)22-11-9-10-14-27-22)26(33)32(7-2)25(30-19)18-12-13-23(34-5)28-17(18)4/h9-14,20-21,29H,6-8,15-16H2,1-5H3/t20?,21-/m0/s1.